The molecule has 17 nitrogen and oxygen atoms in total. The maximum absolute atomic E-state index is 14.1. The SMILES string of the molecule is C=C(C)C(=O)OCCOC(=O)Oc1c2c(c(OC(=O)OCCOC(=O)C(=C)C)c3c1SC(=C1C(=O)N(CCCC)N(CCCC)C1=O)S3)SC(=C(C#N)C(=O)OCC(CC)CCCC)S2. The lowest BCUT2D eigenvalue weighted by molar-refractivity contribution is -0.147. The van der Waals surface area contributed by atoms with E-state index in [0.29, 0.717) is 25.9 Å². The molecule has 0 bridgehead atoms. The predicted octanol–water partition coefficient (Wildman–Crippen LogP) is 9.24. The predicted molar refractivity (Wildman–Crippen MR) is 243 cm³/mol. The van der Waals surface area contributed by atoms with Crippen molar-refractivity contribution in [1.82, 2.24) is 10.0 Å². The van der Waals surface area contributed by atoms with Crippen molar-refractivity contribution in [2.45, 2.75) is 112 Å². The molecule has 352 valence electrons. The number of hydrogen-bond donors (Lipinski definition) is 0. The van der Waals surface area contributed by atoms with Crippen LogP contribution < -0.4 is 9.47 Å². The van der Waals surface area contributed by atoms with E-state index in [1.54, 1.807) is 0 Å². The molecule has 1 aromatic rings. The second-order valence-electron chi connectivity index (χ2n) is 14.6. The third kappa shape index (κ3) is 13.7. The molecule has 0 aromatic heterocycles. The summed E-state index contributed by atoms with van der Waals surface area (Å²) in [7, 11) is 0. The molecular formula is C44H53N3O14S4. The van der Waals surface area contributed by atoms with Gasteiger partial charge in [-0.3, -0.25) is 9.59 Å². The first-order valence-corrected chi connectivity index (χ1v) is 24.4. The zero-order chi connectivity index (χ0) is 47.8. The molecule has 1 saturated heterocycles. The molecule has 1 unspecified atom stereocenters. The first kappa shape index (κ1) is 52.6. The molecule has 0 spiro atoms. The Hall–Kier alpha value is -5.04. The Morgan fingerprint density at radius 3 is 1.46 bits per heavy atom. The number of hydrogen-bond acceptors (Lipinski definition) is 19. The van der Waals surface area contributed by atoms with E-state index in [1.807, 2.05) is 26.8 Å². The highest BCUT2D eigenvalue weighted by atomic mass is 32.2. The average molecular weight is 976 g/mol. The Morgan fingerprint density at radius 2 is 1.06 bits per heavy atom. The van der Waals surface area contributed by atoms with E-state index >= 15 is 0 Å². The van der Waals surface area contributed by atoms with Crippen LogP contribution in [0.3, 0.4) is 0 Å². The molecule has 4 rings (SSSR count). The Bertz CT molecular complexity index is 2060. The third-order valence-corrected chi connectivity index (χ3v) is 14.7. The van der Waals surface area contributed by atoms with Crippen molar-refractivity contribution in [1.29, 1.82) is 5.26 Å². The van der Waals surface area contributed by atoms with Crippen molar-refractivity contribution in [3.05, 3.63) is 43.9 Å². The van der Waals surface area contributed by atoms with Gasteiger partial charge < -0.3 is 33.2 Å². The topological polar surface area (TPSA) is 214 Å². The van der Waals surface area contributed by atoms with E-state index in [9.17, 15) is 38.8 Å². The fraction of sp³-hybridized carbons (Fsp3) is 0.500. The molecular weight excluding hydrogens is 923 g/mol. The van der Waals surface area contributed by atoms with Crippen LogP contribution in [0.25, 0.3) is 0 Å². The number of nitrogens with zero attached hydrogens (tertiary/aromatic N) is 3. The summed E-state index contributed by atoms with van der Waals surface area (Å²) in [6.07, 6.45) is 3.81. The number of hydrazine groups is 1. The lowest BCUT2D eigenvalue weighted by atomic mass is 10.0. The number of nitriles is 1. The van der Waals surface area contributed by atoms with Crippen molar-refractivity contribution in [2.24, 2.45) is 5.92 Å². The maximum atomic E-state index is 14.1. The van der Waals surface area contributed by atoms with Crippen LogP contribution in [-0.2, 0) is 47.7 Å². The van der Waals surface area contributed by atoms with Gasteiger partial charge in [-0.15, -0.1) is 0 Å². The van der Waals surface area contributed by atoms with E-state index in [0.717, 1.165) is 85.6 Å². The zero-order valence-corrected chi connectivity index (χ0v) is 40.6. The number of thioether (sulfide) groups is 4. The smallest absolute Gasteiger partial charge is 0.461 e. The lowest BCUT2D eigenvalue weighted by Gasteiger charge is -2.27. The summed E-state index contributed by atoms with van der Waals surface area (Å²) in [5.41, 5.74) is -0.217. The second kappa shape index (κ2) is 25.6. The lowest BCUT2D eigenvalue weighted by Crippen LogP contribution is -2.42. The third-order valence-electron chi connectivity index (χ3n) is 9.51. The minimum Gasteiger partial charge on any atom is -0.461 e. The molecule has 3 aliphatic rings. The standard InChI is InChI=1S/C44H53N3O14S4/c1-9-13-16-27(12-4)24-59-40(52)28(23-45)41-62-32-30(60-43(53)57-21-19-55-38(50)25(5)6)34-35(31(33(32)63-41)61-44(54)58-22-20-56-39(51)26(7)8)65-42(64-34)29-36(48)46(17-14-10-2)47(37(29)49)18-15-11-3/h27H,5,7,9-22,24H2,1-4,6,8H3. The van der Waals surface area contributed by atoms with Gasteiger partial charge in [-0.25, -0.2) is 34.0 Å². The fourth-order valence-corrected chi connectivity index (χ4v) is 11.3. The van der Waals surface area contributed by atoms with Crippen LogP contribution >= 0.6 is 47.0 Å². The first-order valence-electron chi connectivity index (χ1n) is 21.1. The van der Waals surface area contributed by atoms with E-state index in [4.69, 9.17) is 33.2 Å². The van der Waals surface area contributed by atoms with Gasteiger partial charge in [0.2, 0.25) is 0 Å². The van der Waals surface area contributed by atoms with Crippen LogP contribution in [0, 0.1) is 17.2 Å². The van der Waals surface area contributed by atoms with Crippen LogP contribution in [0.15, 0.2) is 63.5 Å². The molecule has 1 fully saturated rings. The number of esters is 3. The van der Waals surface area contributed by atoms with E-state index < -0.39 is 55.2 Å². The summed E-state index contributed by atoms with van der Waals surface area (Å²) in [6, 6.07) is 1.94. The largest absolute Gasteiger partial charge is 0.514 e. The highest BCUT2D eigenvalue weighted by Crippen LogP contribution is 2.68. The van der Waals surface area contributed by atoms with Crippen molar-refractivity contribution in [3.63, 3.8) is 0 Å². The summed E-state index contributed by atoms with van der Waals surface area (Å²) in [6.45, 7) is 17.1. The van der Waals surface area contributed by atoms with Crippen LogP contribution in [0.4, 0.5) is 9.59 Å². The summed E-state index contributed by atoms with van der Waals surface area (Å²) < 4.78 is 38.2. The normalized spacial score (nSPS) is 14.3. The molecule has 2 amide bonds. The second-order valence-corrected chi connectivity index (χ2v) is 19.2. The number of carbonyl (C=O) groups excluding carboxylic acids is 7. The van der Waals surface area contributed by atoms with Crippen molar-refractivity contribution in [2.75, 3.05) is 46.1 Å². The molecule has 0 saturated carbocycles. The van der Waals surface area contributed by atoms with Gasteiger partial charge in [-0.1, -0.05) is 120 Å². The zero-order valence-electron chi connectivity index (χ0n) is 37.3. The molecule has 3 heterocycles. The number of benzene rings is 1. The molecule has 21 heteroatoms. The monoisotopic (exact) mass is 975 g/mol. The number of fused-ring (bicyclic) bond motifs is 2. The summed E-state index contributed by atoms with van der Waals surface area (Å²) >= 11 is 3.56. The van der Waals surface area contributed by atoms with Crippen LogP contribution in [-0.4, -0.2) is 98.2 Å². The Balaban J connectivity index is 1.84. The summed E-state index contributed by atoms with van der Waals surface area (Å²) in [5, 5.41) is 13.2. The van der Waals surface area contributed by atoms with Crippen molar-refractivity contribution >= 4 is 89.1 Å². The number of carbonyl (C=O) groups is 7. The fourth-order valence-electron chi connectivity index (χ4n) is 5.92. The highest BCUT2D eigenvalue weighted by molar-refractivity contribution is 8.26. The van der Waals surface area contributed by atoms with Crippen LogP contribution in [0.1, 0.15) is 92.9 Å². The molecule has 0 N–H and O–H groups in total. The quantitative estimate of drug-likeness (QED) is 0.0190. The van der Waals surface area contributed by atoms with Gasteiger partial charge in [0.25, 0.3) is 11.8 Å². The molecule has 0 aliphatic carbocycles. The van der Waals surface area contributed by atoms with Gasteiger partial charge in [0.15, 0.2) is 17.1 Å². The van der Waals surface area contributed by atoms with Crippen LogP contribution in [0.2, 0.25) is 0 Å². The molecule has 65 heavy (non-hydrogen) atoms. The van der Waals surface area contributed by atoms with Crippen molar-refractivity contribution in [3.8, 4) is 17.6 Å². The summed E-state index contributed by atoms with van der Waals surface area (Å²) in [5.74, 6) is -3.58. The minimum atomic E-state index is -1.24. The molecule has 3 aliphatic heterocycles. The van der Waals surface area contributed by atoms with Crippen LogP contribution in [0.5, 0.6) is 11.5 Å². The Labute approximate surface area is 395 Å². The Morgan fingerprint density at radius 1 is 0.631 bits per heavy atom. The van der Waals surface area contributed by atoms with Gasteiger partial charge in [0.1, 0.15) is 38.1 Å². The molecule has 1 atom stereocenters. The first-order chi connectivity index (χ1) is 31.1. The van der Waals surface area contributed by atoms with Gasteiger partial charge in [-0.05, 0) is 39.0 Å². The number of rotatable bonds is 23. The van der Waals surface area contributed by atoms with Gasteiger partial charge >= 0.3 is 30.2 Å². The van der Waals surface area contributed by atoms with Crippen molar-refractivity contribution < 1.29 is 66.7 Å². The van der Waals surface area contributed by atoms with E-state index in [2.05, 4.69) is 20.1 Å². The van der Waals surface area contributed by atoms with E-state index in [1.165, 1.54) is 23.9 Å². The van der Waals surface area contributed by atoms with Gasteiger partial charge in [-0.2, -0.15) is 5.26 Å². The maximum Gasteiger partial charge on any atom is 0.514 e. The summed E-state index contributed by atoms with van der Waals surface area (Å²) in [4.78, 5) is 92.8. The number of ether oxygens (including phenoxy) is 7. The number of unbranched alkanes of at least 4 members (excludes halogenated alkanes) is 3. The molecule has 1 aromatic carbocycles. The average Bonchev–Trinajstić information content (AvgIpc) is 3.97. The Kier molecular flexibility index (Phi) is 20.7. The van der Waals surface area contributed by atoms with Gasteiger partial charge in [0.05, 0.1) is 34.7 Å². The van der Waals surface area contributed by atoms with Gasteiger partial charge in [0, 0.05) is 24.2 Å². The minimum absolute atomic E-state index is 0.0759. The molecule has 0 radical (unpaired) electrons. The number of amides is 2. The van der Waals surface area contributed by atoms with E-state index in [-0.39, 0.29) is 87.6 Å². The highest BCUT2D eigenvalue weighted by Gasteiger charge is 2.47.